The predicted octanol–water partition coefficient (Wildman–Crippen LogP) is 5.18. The van der Waals surface area contributed by atoms with E-state index in [4.69, 9.17) is 0 Å². The van der Waals surface area contributed by atoms with Crippen LogP contribution in [0.2, 0.25) is 0 Å². The van der Waals surface area contributed by atoms with Gasteiger partial charge in [0.25, 0.3) is 0 Å². The minimum absolute atomic E-state index is 0.578. The maximum absolute atomic E-state index is 4.61. The number of nitrogens with one attached hydrogen (secondary N) is 1. The molecular formula is C17H22N2S. The summed E-state index contributed by atoms with van der Waals surface area (Å²) in [5.74, 6) is 1.53. The van der Waals surface area contributed by atoms with Crippen LogP contribution in [0, 0.1) is 0 Å². The van der Waals surface area contributed by atoms with Crippen molar-refractivity contribution in [3.05, 3.63) is 48.0 Å². The van der Waals surface area contributed by atoms with E-state index in [2.05, 4.69) is 67.5 Å². The smallest absolute Gasteiger partial charge is 0.127 e. The van der Waals surface area contributed by atoms with E-state index in [0.29, 0.717) is 5.92 Å². The van der Waals surface area contributed by atoms with Crippen LogP contribution in [-0.4, -0.2) is 11.5 Å². The van der Waals surface area contributed by atoms with E-state index in [1.54, 1.807) is 11.8 Å². The Kier molecular flexibility index (Phi) is 5.48. The second kappa shape index (κ2) is 7.34. The Morgan fingerprint density at radius 1 is 1.10 bits per heavy atom. The molecule has 1 heterocycles. The van der Waals surface area contributed by atoms with E-state index in [1.807, 2.05) is 6.07 Å². The van der Waals surface area contributed by atoms with Crippen molar-refractivity contribution < 1.29 is 0 Å². The highest BCUT2D eigenvalue weighted by molar-refractivity contribution is 7.99. The molecule has 3 heteroatoms. The minimum Gasteiger partial charge on any atom is -0.370 e. The lowest BCUT2D eigenvalue weighted by Gasteiger charge is -2.08. The zero-order valence-corrected chi connectivity index (χ0v) is 13.2. The lowest BCUT2D eigenvalue weighted by molar-refractivity contribution is 0.865. The molecule has 2 nitrogen and oxygen atoms in total. The maximum Gasteiger partial charge on any atom is 0.127 e. The van der Waals surface area contributed by atoms with Gasteiger partial charge in [-0.15, -0.1) is 0 Å². The fourth-order valence-electron chi connectivity index (χ4n) is 1.86. The van der Waals surface area contributed by atoms with Gasteiger partial charge in [0, 0.05) is 11.4 Å². The highest BCUT2D eigenvalue weighted by Crippen LogP contribution is 2.28. The second-order valence-electron chi connectivity index (χ2n) is 5.11. The maximum atomic E-state index is 4.61. The van der Waals surface area contributed by atoms with Crippen LogP contribution < -0.4 is 5.32 Å². The number of nitrogens with zero attached hydrogens (tertiary/aromatic N) is 1. The Hall–Kier alpha value is -1.48. The lowest BCUT2D eigenvalue weighted by atomic mass is 10.0. The molecular weight excluding hydrogens is 264 g/mol. The first kappa shape index (κ1) is 14.9. The van der Waals surface area contributed by atoms with Gasteiger partial charge in [0.2, 0.25) is 0 Å². The summed E-state index contributed by atoms with van der Waals surface area (Å²) in [6, 6.07) is 14.9. The van der Waals surface area contributed by atoms with Crippen LogP contribution in [-0.2, 0) is 0 Å². The van der Waals surface area contributed by atoms with Gasteiger partial charge in [-0.05, 0) is 42.2 Å². The van der Waals surface area contributed by atoms with Gasteiger partial charge in [-0.3, -0.25) is 0 Å². The molecule has 2 aromatic rings. The van der Waals surface area contributed by atoms with E-state index in [-0.39, 0.29) is 0 Å². The molecule has 0 aliphatic heterocycles. The molecule has 20 heavy (non-hydrogen) atoms. The Morgan fingerprint density at radius 3 is 2.50 bits per heavy atom. The molecule has 0 atom stereocenters. The number of aromatic nitrogens is 1. The summed E-state index contributed by atoms with van der Waals surface area (Å²) in [7, 11) is 0. The van der Waals surface area contributed by atoms with Crippen molar-refractivity contribution in [3.63, 3.8) is 0 Å². The second-order valence-corrected chi connectivity index (χ2v) is 6.21. The summed E-state index contributed by atoms with van der Waals surface area (Å²) in [4.78, 5) is 5.85. The first-order chi connectivity index (χ1) is 9.69. The summed E-state index contributed by atoms with van der Waals surface area (Å²) < 4.78 is 0. The van der Waals surface area contributed by atoms with Gasteiger partial charge in [-0.2, -0.15) is 0 Å². The van der Waals surface area contributed by atoms with Crippen LogP contribution in [0.4, 0.5) is 5.82 Å². The normalized spacial score (nSPS) is 10.8. The summed E-state index contributed by atoms with van der Waals surface area (Å²) in [6.45, 7) is 7.55. The van der Waals surface area contributed by atoms with Crippen molar-refractivity contribution in [2.24, 2.45) is 0 Å². The van der Waals surface area contributed by atoms with E-state index in [1.165, 1.54) is 10.5 Å². The molecule has 0 saturated carbocycles. The number of benzene rings is 1. The Balaban J connectivity index is 2.05. The molecule has 1 N–H and O–H groups in total. The average Bonchev–Trinajstić information content (AvgIpc) is 2.46. The largest absolute Gasteiger partial charge is 0.370 e. The summed E-state index contributed by atoms with van der Waals surface area (Å²) in [5, 5.41) is 4.35. The first-order valence-electron chi connectivity index (χ1n) is 7.17. The third-order valence-corrected chi connectivity index (χ3v) is 3.99. The van der Waals surface area contributed by atoms with Gasteiger partial charge >= 0.3 is 0 Å². The van der Waals surface area contributed by atoms with Crippen LogP contribution in [0.25, 0.3) is 0 Å². The van der Waals surface area contributed by atoms with Gasteiger partial charge in [-0.1, -0.05) is 50.7 Å². The third-order valence-electron chi connectivity index (χ3n) is 3.05. The number of pyridine rings is 1. The molecule has 0 fully saturated rings. The fraction of sp³-hybridized carbons (Fsp3) is 0.353. The molecule has 0 spiro atoms. The molecule has 0 amide bonds. The number of anilines is 1. The summed E-state index contributed by atoms with van der Waals surface area (Å²) in [6.07, 6.45) is 1.11. The lowest BCUT2D eigenvalue weighted by Crippen LogP contribution is -2.01. The highest BCUT2D eigenvalue weighted by Gasteiger charge is 2.02. The summed E-state index contributed by atoms with van der Waals surface area (Å²) >= 11 is 1.70. The SMILES string of the molecule is CCCNc1cccc(Sc2ccc(C(C)C)cc2)n1. The van der Waals surface area contributed by atoms with Crippen molar-refractivity contribution in [3.8, 4) is 0 Å². The number of hydrogen-bond donors (Lipinski definition) is 1. The van der Waals surface area contributed by atoms with E-state index in [9.17, 15) is 0 Å². The molecule has 0 unspecified atom stereocenters. The molecule has 0 bridgehead atoms. The molecule has 0 aliphatic rings. The van der Waals surface area contributed by atoms with Crippen molar-refractivity contribution in [1.82, 2.24) is 4.98 Å². The van der Waals surface area contributed by atoms with E-state index >= 15 is 0 Å². The van der Waals surface area contributed by atoms with Crippen LogP contribution in [0.15, 0.2) is 52.4 Å². The topological polar surface area (TPSA) is 24.9 Å². The predicted molar refractivity (Wildman–Crippen MR) is 87.7 cm³/mol. The van der Waals surface area contributed by atoms with Gasteiger partial charge in [0.05, 0.1) is 0 Å². The van der Waals surface area contributed by atoms with Gasteiger partial charge in [0.1, 0.15) is 10.8 Å². The van der Waals surface area contributed by atoms with Crippen LogP contribution in [0.5, 0.6) is 0 Å². The monoisotopic (exact) mass is 286 g/mol. The first-order valence-corrected chi connectivity index (χ1v) is 7.99. The molecule has 1 aromatic heterocycles. The molecule has 2 rings (SSSR count). The van der Waals surface area contributed by atoms with Crippen LogP contribution in [0.1, 0.15) is 38.7 Å². The number of hydrogen-bond acceptors (Lipinski definition) is 3. The van der Waals surface area contributed by atoms with Crippen LogP contribution in [0.3, 0.4) is 0 Å². The Labute approximate surface area is 126 Å². The Morgan fingerprint density at radius 2 is 1.85 bits per heavy atom. The van der Waals surface area contributed by atoms with Crippen molar-refractivity contribution in [2.45, 2.75) is 43.0 Å². The van der Waals surface area contributed by atoms with Crippen molar-refractivity contribution >= 4 is 17.6 Å². The zero-order valence-electron chi connectivity index (χ0n) is 12.4. The molecule has 0 saturated heterocycles. The van der Waals surface area contributed by atoms with Gasteiger partial charge < -0.3 is 5.32 Å². The molecule has 0 aliphatic carbocycles. The molecule has 0 radical (unpaired) electrons. The fourth-order valence-corrected chi connectivity index (χ4v) is 2.67. The van der Waals surface area contributed by atoms with E-state index in [0.717, 1.165) is 23.8 Å². The van der Waals surface area contributed by atoms with E-state index < -0.39 is 0 Å². The summed E-state index contributed by atoms with van der Waals surface area (Å²) in [5.41, 5.74) is 1.38. The van der Waals surface area contributed by atoms with Gasteiger partial charge in [-0.25, -0.2) is 4.98 Å². The zero-order chi connectivity index (χ0) is 14.4. The standard InChI is InChI=1S/C17H22N2S/c1-4-12-18-16-6-5-7-17(19-16)20-15-10-8-14(9-11-15)13(2)3/h5-11,13H,4,12H2,1-3H3,(H,18,19). The van der Waals surface area contributed by atoms with Crippen LogP contribution >= 0.6 is 11.8 Å². The van der Waals surface area contributed by atoms with Crippen molar-refractivity contribution in [1.29, 1.82) is 0 Å². The van der Waals surface area contributed by atoms with Gasteiger partial charge in [0.15, 0.2) is 0 Å². The average molecular weight is 286 g/mol. The highest BCUT2D eigenvalue weighted by atomic mass is 32.2. The third kappa shape index (κ3) is 4.27. The number of rotatable bonds is 6. The minimum atomic E-state index is 0.578. The quantitative estimate of drug-likeness (QED) is 0.792. The Bertz CT molecular complexity index is 535. The molecule has 106 valence electrons. The molecule has 1 aromatic carbocycles. The van der Waals surface area contributed by atoms with Crippen molar-refractivity contribution in [2.75, 3.05) is 11.9 Å².